The molecule has 0 atom stereocenters. The molecule has 3 aromatic carbocycles. The van der Waals surface area contributed by atoms with Crippen molar-refractivity contribution >= 4 is 45.2 Å². The minimum absolute atomic E-state index is 0.0492. The van der Waals surface area contributed by atoms with Gasteiger partial charge in [0.15, 0.2) is 6.29 Å². The third-order valence-electron chi connectivity index (χ3n) is 5.93. The number of carbonyl (C=O) groups is 1. The van der Waals surface area contributed by atoms with E-state index in [1.165, 1.54) is 18.2 Å². The van der Waals surface area contributed by atoms with Crippen molar-refractivity contribution in [2.24, 2.45) is 5.16 Å². The van der Waals surface area contributed by atoms with Crippen LogP contribution in [0.3, 0.4) is 0 Å². The number of nitrogens with zero attached hydrogens (tertiary/aromatic N) is 1. The zero-order valence-electron chi connectivity index (χ0n) is 21.3. The Morgan fingerprint density at radius 1 is 1.00 bits per heavy atom. The van der Waals surface area contributed by atoms with Crippen molar-refractivity contribution in [3.05, 3.63) is 99.0 Å². The average Bonchev–Trinajstić information content (AvgIpc) is 2.96. The maximum absolute atomic E-state index is 11.7. The van der Waals surface area contributed by atoms with Crippen LogP contribution < -0.4 is 14.2 Å². The number of halogens is 2. The molecule has 0 saturated heterocycles. The van der Waals surface area contributed by atoms with Crippen LogP contribution in [0, 0.1) is 5.41 Å². The van der Waals surface area contributed by atoms with Crippen LogP contribution >= 0.6 is 27.5 Å². The van der Waals surface area contributed by atoms with Crippen molar-refractivity contribution < 1.29 is 29.3 Å². The first-order valence-corrected chi connectivity index (χ1v) is 13.5. The van der Waals surface area contributed by atoms with E-state index in [1.54, 1.807) is 12.1 Å². The Morgan fingerprint density at radius 2 is 1.80 bits per heavy atom. The molecule has 0 aliphatic heterocycles. The Hall–Kier alpha value is -3.92. The van der Waals surface area contributed by atoms with Gasteiger partial charge in [-0.25, -0.2) is 0 Å². The standard InChI is InChI=1S/C30H26BrClN2O6/c31-30-21(5-2-7-24(30)20-4-1-6-23(13-20)38-11-3-10-35)18-40-29-15-28(22(16-36)14-25(29)32)39-17-19-8-9-27(34-37)26(33)12-19/h1-2,4-9,12-16,33,35,37H,3,10-11,17-18H2/b33-26?,34-27-. The van der Waals surface area contributed by atoms with Gasteiger partial charge in [0.25, 0.3) is 0 Å². The molecule has 206 valence electrons. The fraction of sp³-hybridized carbons (Fsp3) is 0.167. The Kier molecular flexibility index (Phi) is 10.1. The number of rotatable bonds is 12. The third-order valence-corrected chi connectivity index (χ3v) is 7.16. The van der Waals surface area contributed by atoms with Crippen molar-refractivity contribution in [3.8, 4) is 28.4 Å². The highest BCUT2D eigenvalue weighted by atomic mass is 79.9. The molecule has 3 N–H and O–H groups in total. The highest BCUT2D eigenvalue weighted by Gasteiger charge is 2.15. The quantitative estimate of drug-likeness (QED) is 0.0682. The lowest BCUT2D eigenvalue weighted by Gasteiger charge is -2.16. The Balaban J connectivity index is 1.49. The van der Waals surface area contributed by atoms with Gasteiger partial charge in [-0.2, -0.15) is 0 Å². The predicted octanol–water partition coefficient (Wildman–Crippen LogP) is 6.65. The highest BCUT2D eigenvalue weighted by Crippen LogP contribution is 2.36. The summed E-state index contributed by atoms with van der Waals surface area (Å²) in [6.45, 7) is 0.776. The lowest BCUT2D eigenvalue weighted by atomic mass is 10.0. The first-order chi connectivity index (χ1) is 19.4. The molecule has 0 spiro atoms. The maximum atomic E-state index is 11.7. The van der Waals surface area contributed by atoms with E-state index in [-0.39, 0.29) is 47.6 Å². The number of aldehydes is 1. The Morgan fingerprint density at radius 3 is 2.55 bits per heavy atom. The molecule has 10 heteroatoms. The second kappa shape index (κ2) is 13.9. The van der Waals surface area contributed by atoms with Gasteiger partial charge in [-0.15, -0.1) is 0 Å². The lowest BCUT2D eigenvalue weighted by Crippen LogP contribution is -2.14. The topological polar surface area (TPSA) is 121 Å². The molecule has 0 bridgehead atoms. The zero-order chi connectivity index (χ0) is 28.5. The van der Waals surface area contributed by atoms with Crippen LogP contribution in [-0.2, 0) is 6.61 Å². The van der Waals surface area contributed by atoms with Crippen LogP contribution in [0.2, 0.25) is 5.02 Å². The molecule has 0 saturated carbocycles. The molecule has 3 aromatic rings. The van der Waals surface area contributed by atoms with Gasteiger partial charge >= 0.3 is 0 Å². The fourth-order valence-corrected chi connectivity index (χ4v) is 4.71. The second-order valence-corrected chi connectivity index (χ2v) is 9.90. The van der Waals surface area contributed by atoms with Crippen molar-refractivity contribution in [2.75, 3.05) is 19.8 Å². The first kappa shape index (κ1) is 29.1. The molecule has 1 aliphatic rings. The molecule has 0 unspecified atom stereocenters. The molecule has 1 aliphatic carbocycles. The van der Waals surface area contributed by atoms with Gasteiger partial charge in [-0.3, -0.25) is 10.2 Å². The van der Waals surface area contributed by atoms with Crippen molar-refractivity contribution in [1.29, 1.82) is 5.41 Å². The van der Waals surface area contributed by atoms with Gasteiger partial charge in [0.05, 0.1) is 22.9 Å². The van der Waals surface area contributed by atoms with E-state index in [1.807, 2.05) is 42.5 Å². The third kappa shape index (κ3) is 7.18. The molecule has 0 heterocycles. The number of oxime groups is 1. The fourth-order valence-electron chi connectivity index (χ4n) is 3.88. The molecular formula is C30H26BrClN2O6. The molecule has 4 rings (SSSR count). The molecule has 0 fully saturated rings. The summed E-state index contributed by atoms with van der Waals surface area (Å²) < 4.78 is 18.5. The zero-order valence-corrected chi connectivity index (χ0v) is 23.6. The van der Waals surface area contributed by atoms with Gasteiger partial charge < -0.3 is 24.5 Å². The second-order valence-electron chi connectivity index (χ2n) is 8.70. The van der Waals surface area contributed by atoms with Crippen LogP contribution in [0.4, 0.5) is 0 Å². The van der Waals surface area contributed by atoms with E-state index >= 15 is 0 Å². The number of allylic oxidation sites excluding steroid dienone is 2. The van der Waals surface area contributed by atoms with Crippen LogP contribution in [-0.4, -0.2) is 47.8 Å². The van der Waals surface area contributed by atoms with E-state index in [0.717, 1.165) is 21.2 Å². The van der Waals surface area contributed by atoms with Gasteiger partial charge in [-0.1, -0.05) is 53.2 Å². The van der Waals surface area contributed by atoms with Gasteiger partial charge in [-0.05, 0) is 63.0 Å². The Bertz CT molecular complexity index is 1500. The van der Waals surface area contributed by atoms with E-state index < -0.39 is 0 Å². The summed E-state index contributed by atoms with van der Waals surface area (Å²) in [5.41, 5.74) is 3.90. The number of aliphatic hydroxyl groups is 1. The largest absolute Gasteiger partial charge is 0.493 e. The van der Waals surface area contributed by atoms with E-state index in [4.69, 9.17) is 41.5 Å². The summed E-state index contributed by atoms with van der Waals surface area (Å²) in [7, 11) is 0. The van der Waals surface area contributed by atoms with Gasteiger partial charge in [0.1, 0.15) is 36.2 Å². The summed E-state index contributed by atoms with van der Waals surface area (Å²) >= 11 is 10.1. The number of ether oxygens (including phenoxy) is 3. The molecular weight excluding hydrogens is 600 g/mol. The number of hydrogen-bond donors (Lipinski definition) is 3. The predicted molar refractivity (Wildman–Crippen MR) is 158 cm³/mol. The lowest BCUT2D eigenvalue weighted by molar-refractivity contribution is 0.112. The van der Waals surface area contributed by atoms with Crippen LogP contribution in [0.5, 0.6) is 17.2 Å². The molecule has 40 heavy (non-hydrogen) atoms. The maximum Gasteiger partial charge on any atom is 0.153 e. The van der Waals surface area contributed by atoms with E-state index in [9.17, 15) is 4.79 Å². The SMILES string of the molecule is N=C1C=C(COc2cc(OCc3cccc(-c4cccc(OCCCO)c4)c3Br)c(Cl)cc2C=O)C=C/C1=N/O. The van der Waals surface area contributed by atoms with Gasteiger partial charge in [0, 0.05) is 29.1 Å². The number of carbonyl (C=O) groups excluding carboxylic acids is 1. The summed E-state index contributed by atoms with van der Waals surface area (Å²) in [6, 6.07) is 16.6. The summed E-state index contributed by atoms with van der Waals surface area (Å²) in [5, 5.41) is 29.1. The highest BCUT2D eigenvalue weighted by molar-refractivity contribution is 9.10. The number of hydrogen-bond acceptors (Lipinski definition) is 8. The minimum Gasteiger partial charge on any atom is -0.493 e. The monoisotopic (exact) mass is 624 g/mol. The van der Waals surface area contributed by atoms with Crippen molar-refractivity contribution in [2.45, 2.75) is 13.0 Å². The Labute approximate surface area is 244 Å². The number of nitrogens with one attached hydrogen (secondary N) is 1. The summed E-state index contributed by atoms with van der Waals surface area (Å²) in [4.78, 5) is 11.7. The van der Waals surface area contributed by atoms with Crippen LogP contribution in [0.15, 0.2) is 88.0 Å². The minimum atomic E-state index is 0.0492. The van der Waals surface area contributed by atoms with Gasteiger partial charge in [0.2, 0.25) is 0 Å². The number of benzene rings is 3. The smallest absolute Gasteiger partial charge is 0.153 e. The van der Waals surface area contributed by atoms with E-state index in [2.05, 4.69) is 21.1 Å². The van der Waals surface area contributed by atoms with Crippen molar-refractivity contribution in [3.63, 3.8) is 0 Å². The number of aliphatic hydroxyl groups excluding tert-OH is 1. The van der Waals surface area contributed by atoms with Crippen LogP contribution in [0.25, 0.3) is 11.1 Å². The van der Waals surface area contributed by atoms with Crippen molar-refractivity contribution in [1.82, 2.24) is 0 Å². The first-order valence-electron chi connectivity index (χ1n) is 12.3. The molecule has 0 amide bonds. The summed E-state index contributed by atoms with van der Waals surface area (Å²) in [5.74, 6) is 1.34. The molecule has 8 nitrogen and oxygen atoms in total. The normalized spacial score (nSPS) is 13.7. The molecule has 0 aromatic heterocycles. The van der Waals surface area contributed by atoms with E-state index in [0.29, 0.717) is 36.4 Å². The van der Waals surface area contributed by atoms with Crippen LogP contribution in [0.1, 0.15) is 22.3 Å². The average molecular weight is 626 g/mol. The molecule has 0 radical (unpaired) electrons. The summed E-state index contributed by atoms with van der Waals surface area (Å²) in [6.07, 6.45) is 5.90.